The van der Waals surface area contributed by atoms with Crippen LogP contribution >= 0.6 is 12.4 Å². The summed E-state index contributed by atoms with van der Waals surface area (Å²) in [6.07, 6.45) is 5.55. The van der Waals surface area contributed by atoms with Gasteiger partial charge in [-0.1, -0.05) is 13.8 Å². The van der Waals surface area contributed by atoms with E-state index in [9.17, 15) is 0 Å². The molecule has 0 aromatic carbocycles. The highest BCUT2D eigenvalue weighted by Crippen LogP contribution is 2.20. The van der Waals surface area contributed by atoms with Gasteiger partial charge in [-0.25, -0.2) is 0 Å². The van der Waals surface area contributed by atoms with Crippen LogP contribution in [0.15, 0.2) is 0 Å². The van der Waals surface area contributed by atoms with E-state index in [1.807, 2.05) is 7.11 Å². The highest BCUT2D eigenvalue weighted by atomic mass is 35.5. The molecule has 0 radical (unpaired) electrons. The third-order valence-corrected chi connectivity index (χ3v) is 2.82. The average Bonchev–Trinajstić information content (AvgIpc) is 2.15. The van der Waals surface area contributed by atoms with Crippen LogP contribution in [0.1, 0.15) is 39.5 Å². The van der Waals surface area contributed by atoms with Crippen LogP contribution in [-0.4, -0.2) is 25.8 Å². The first kappa shape index (κ1) is 14.2. The second-order valence-corrected chi connectivity index (χ2v) is 4.51. The monoisotopic (exact) mass is 221 g/mol. The molecule has 1 N–H and O–H groups in total. The number of rotatable bonds is 4. The highest BCUT2D eigenvalue weighted by Gasteiger charge is 2.19. The summed E-state index contributed by atoms with van der Waals surface area (Å²) in [7, 11) is 1.83. The Balaban J connectivity index is 0.00000169. The Labute approximate surface area is 94.2 Å². The van der Waals surface area contributed by atoms with E-state index in [1.165, 1.54) is 25.7 Å². The molecule has 3 heteroatoms. The maximum Gasteiger partial charge on any atom is 0.0572 e. The fourth-order valence-electron chi connectivity index (χ4n) is 1.91. The largest absolute Gasteiger partial charge is 0.381 e. The second-order valence-electron chi connectivity index (χ2n) is 4.51. The van der Waals surface area contributed by atoms with E-state index >= 15 is 0 Å². The fraction of sp³-hybridized carbons (Fsp3) is 1.00. The first-order valence-electron chi connectivity index (χ1n) is 5.48. The van der Waals surface area contributed by atoms with Crippen LogP contribution in [0, 0.1) is 5.92 Å². The Morgan fingerprint density at radius 3 is 2.21 bits per heavy atom. The third kappa shape index (κ3) is 5.18. The van der Waals surface area contributed by atoms with Crippen LogP contribution in [0.2, 0.25) is 0 Å². The molecular weight excluding hydrogens is 198 g/mol. The molecule has 1 saturated carbocycles. The van der Waals surface area contributed by atoms with Crippen molar-refractivity contribution >= 4 is 12.4 Å². The Hall–Kier alpha value is 0.210. The quantitative estimate of drug-likeness (QED) is 0.788. The summed E-state index contributed by atoms with van der Waals surface area (Å²) in [6, 6.07) is 0.744. The predicted molar refractivity (Wildman–Crippen MR) is 63.1 cm³/mol. The van der Waals surface area contributed by atoms with Gasteiger partial charge in [0.05, 0.1) is 6.10 Å². The van der Waals surface area contributed by atoms with Gasteiger partial charge in [0.1, 0.15) is 0 Å². The Morgan fingerprint density at radius 2 is 1.79 bits per heavy atom. The molecule has 86 valence electrons. The fourth-order valence-corrected chi connectivity index (χ4v) is 1.91. The lowest BCUT2D eigenvalue weighted by Gasteiger charge is -2.28. The SMILES string of the molecule is COC1CCC(NCC(C)C)CC1.Cl. The van der Waals surface area contributed by atoms with Gasteiger partial charge in [-0.15, -0.1) is 12.4 Å². The van der Waals surface area contributed by atoms with E-state index in [4.69, 9.17) is 4.74 Å². The van der Waals surface area contributed by atoms with Crippen LogP contribution in [0.25, 0.3) is 0 Å². The number of hydrogen-bond donors (Lipinski definition) is 1. The first-order chi connectivity index (χ1) is 6.22. The standard InChI is InChI=1S/C11H23NO.ClH/c1-9(2)8-12-10-4-6-11(13-3)7-5-10;/h9-12H,4-8H2,1-3H3;1H. The van der Waals surface area contributed by atoms with Crippen LogP contribution in [0.3, 0.4) is 0 Å². The molecule has 0 bridgehead atoms. The zero-order chi connectivity index (χ0) is 9.68. The van der Waals surface area contributed by atoms with E-state index in [2.05, 4.69) is 19.2 Å². The molecule has 0 unspecified atom stereocenters. The zero-order valence-electron chi connectivity index (χ0n) is 9.58. The van der Waals surface area contributed by atoms with Gasteiger partial charge in [0, 0.05) is 13.2 Å². The Morgan fingerprint density at radius 1 is 1.21 bits per heavy atom. The molecule has 1 rings (SSSR count). The molecule has 1 aliphatic rings. The van der Waals surface area contributed by atoms with Crippen molar-refractivity contribution < 1.29 is 4.74 Å². The first-order valence-corrected chi connectivity index (χ1v) is 5.48. The van der Waals surface area contributed by atoms with E-state index in [1.54, 1.807) is 0 Å². The van der Waals surface area contributed by atoms with Crippen molar-refractivity contribution in [3.8, 4) is 0 Å². The van der Waals surface area contributed by atoms with Crippen molar-refractivity contribution in [1.29, 1.82) is 0 Å². The molecule has 14 heavy (non-hydrogen) atoms. The summed E-state index contributed by atoms with van der Waals surface area (Å²) in [4.78, 5) is 0. The zero-order valence-corrected chi connectivity index (χ0v) is 10.4. The topological polar surface area (TPSA) is 21.3 Å². The van der Waals surface area contributed by atoms with Gasteiger partial charge >= 0.3 is 0 Å². The number of nitrogens with one attached hydrogen (secondary N) is 1. The van der Waals surface area contributed by atoms with Gasteiger partial charge in [0.15, 0.2) is 0 Å². The van der Waals surface area contributed by atoms with Gasteiger partial charge in [-0.3, -0.25) is 0 Å². The van der Waals surface area contributed by atoms with Gasteiger partial charge < -0.3 is 10.1 Å². The molecule has 0 aliphatic heterocycles. The second kappa shape index (κ2) is 7.49. The number of ether oxygens (including phenoxy) is 1. The molecule has 0 aromatic heterocycles. The minimum atomic E-state index is 0. The average molecular weight is 222 g/mol. The van der Waals surface area contributed by atoms with Crippen molar-refractivity contribution in [3.63, 3.8) is 0 Å². The van der Waals surface area contributed by atoms with Crippen LogP contribution in [-0.2, 0) is 4.74 Å². The lowest BCUT2D eigenvalue weighted by Crippen LogP contribution is -2.36. The molecular formula is C11H24ClNO. The summed E-state index contributed by atoms with van der Waals surface area (Å²) >= 11 is 0. The lowest BCUT2D eigenvalue weighted by atomic mass is 9.93. The van der Waals surface area contributed by atoms with E-state index in [0.717, 1.165) is 18.5 Å². The molecule has 1 fully saturated rings. The molecule has 2 nitrogen and oxygen atoms in total. The Kier molecular flexibility index (Phi) is 7.61. The molecule has 0 heterocycles. The number of halogens is 1. The van der Waals surface area contributed by atoms with Crippen molar-refractivity contribution in [1.82, 2.24) is 5.32 Å². The number of methoxy groups -OCH3 is 1. The molecule has 1 aliphatic carbocycles. The van der Waals surface area contributed by atoms with Gasteiger partial charge in [0.25, 0.3) is 0 Å². The lowest BCUT2D eigenvalue weighted by molar-refractivity contribution is 0.0623. The minimum Gasteiger partial charge on any atom is -0.381 e. The van der Waals surface area contributed by atoms with Gasteiger partial charge in [-0.2, -0.15) is 0 Å². The van der Waals surface area contributed by atoms with E-state index < -0.39 is 0 Å². The van der Waals surface area contributed by atoms with Crippen LogP contribution < -0.4 is 5.32 Å². The summed E-state index contributed by atoms with van der Waals surface area (Å²) in [5.41, 5.74) is 0. The maximum absolute atomic E-state index is 5.34. The molecule has 0 amide bonds. The summed E-state index contributed by atoms with van der Waals surface area (Å²) in [6.45, 7) is 5.67. The summed E-state index contributed by atoms with van der Waals surface area (Å²) < 4.78 is 5.34. The predicted octanol–water partition coefficient (Wildman–Crippen LogP) is 2.61. The maximum atomic E-state index is 5.34. The minimum absolute atomic E-state index is 0. The Bertz CT molecular complexity index is 133. The molecule has 0 atom stereocenters. The number of hydrogen-bond acceptors (Lipinski definition) is 2. The third-order valence-electron chi connectivity index (χ3n) is 2.82. The van der Waals surface area contributed by atoms with Crippen molar-refractivity contribution in [2.75, 3.05) is 13.7 Å². The van der Waals surface area contributed by atoms with Crippen molar-refractivity contribution in [2.45, 2.75) is 51.7 Å². The van der Waals surface area contributed by atoms with Crippen LogP contribution in [0.5, 0.6) is 0 Å². The molecule has 0 spiro atoms. The summed E-state index contributed by atoms with van der Waals surface area (Å²) in [5, 5.41) is 3.61. The normalized spacial score (nSPS) is 27.4. The van der Waals surface area contributed by atoms with Crippen molar-refractivity contribution in [2.24, 2.45) is 5.92 Å². The molecule has 0 saturated heterocycles. The van der Waals surface area contributed by atoms with Crippen LogP contribution in [0.4, 0.5) is 0 Å². The van der Waals surface area contributed by atoms with Crippen molar-refractivity contribution in [3.05, 3.63) is 0 Å². The highest BCUT2D eigenvalue weighted by molar-refractivity contribution is 5.85. The molecule has 0 aromatic rings. The van der Waals surface area contributed by atoms with Gasteiger partial charge in [0.2, 0.25) is 0 Å². The van der Waals surface area contributed by atoms with Gasteiger partial charge in [-0.05, 0) is 38.1 Å². The summed E-state index contributed by atoms with van der Waals surface area (Å²) in [5.74, 6) is 0.764. The van der Waals surface area contributed by atoms with E-state index in [-0.39, 0.29) is 12.4 Å². The smallest absolute Gasteiger partial charge is 0.0572 e. The van der Waals surface area contributed by atoms with E-state index in [0.29, 0.717) is 6.10 Å².